The van der Waals surface area contributed by atoms with Gasteiger partial charge in [-0.15, -0.1) is 0 Å². The summed E-state index contributed by atoms with van der Waals surface area (Å²) in [6, 6.07) is 6.97. The maximum atomic E-state index is 11.9. The Kier molecular flexibility index (Phi) is 5.88. The average molecular weight is 403 g/mol. The molecule has 0 radical (unpaired) electrons. The van der Waals surface area contributed by atoms with Gasteiger partial charge in [-0.3, -0.25) is 4.79 Å². The van der Waals surface area contributed by atoms with E-state index in [4.69, 9.17) is 0 Å². The molecule has 0 bridgehead atoms. The molecular weight excluding hydrogens is 376 g/mol. The Balaban J connectivity index is 1.97. The Morgan fingerprint density at radius 1 is 1.18 bits per heavy atom. The van der Waals surface area contributed by atoms with Crippen LogP contribution in [-0.4, -0.2) is 39.2 Å². The minimum Gasteiger partial charge on any atom is -0.385 e. The lowest BCUT2D eigenvalue weighted by Gasteiger charge is -2.27. The molecule has 1 aliphatic carbocycles. The highest BCUT2D eigenvalue weighted by atomic mass is 32.2. The number of anilines is 4. The minimum absolute atomic E-state index is 0.190. The maximum absolute atomic E-state index is 11.9. The van der Waals surface area contributed by atoms with Crippen LogP contribution >= 0.6 is 0 Å². The molecular formula is C20H26N4O3S. The Morgan fingerprint density at radius 3 is 2.50 bits per heavy atom. The molecule has 1 heterocycles. The van der Waals surface area contributed by atoms with Crippen LogP contribution in [0.5, 0.6) is 0 Å². The number of rotatable bonds is 7. The van der Waals surface area contributed by atoms with E-state index in [1.54, 1.807) is 36.3 Å². The number of hydrogen-bond donors (Lipinski definition) is 2. The zero-order chi connectivity index (χ0) is 20.3. The first-order valence-electron chi connectivity index (χ1n) is 9.32. The lowest BCUT2D eigenvalue weighted by Crippen LogP contribution is -2.32. The molecule has 0 aliphatic heterocycles. The van der Waals surface area contributed by atoms with Crippen LogP contribution in [0, 0.1) is 6.92 Å². The Labute approximate surface area is 166 Å². The molecule has 2 aromatic rings. The Hall–Kier alpha value is -2.61. The first kappa shape index (κ1) is 20.1. The van der Waals surface area contributed by atoms with E-state index in [0.717, 1.165) is 49.0 Å². The summed E-state index contributed by atoms with van der Waals surface area (Å²) in [5.41, 5.74) is 3.10. The lowest BCUT2D eigenvalue weighted by atomic mass is 10.1. The molecule has 7 nitrogen and oxygen atoms in total. The number of aryl methyl sites for hydroxylation is 1. The summed E-state index contributed by atoms with van der Waals surface area (Å²) in [5.74, 6) is 0.549. The standard InChI is InChI=1S/C20H26N4O3S/c1-14-8-9-16(28(3,26)27)10-17(14)23-20-11-19(18(21-2)12-22-20)24(13-25)15-6-4-5-7-15/h8-13,15,21H,4-7H2,1-3H3,(H,22,23). The number of nitrogens with one attached hydrogen (secondary N) is 2. The van der Waals surface area contributed by atoms with E-state index in [-0.39, 0.29) is 10.9 Å². The molecule has 0 atom stereocenters. The zero-order valence-electron chi connectivity index (χ0n) is 16.4. The van der Waals surface area contributed by atoms with Gasteiger partial charge in [0.05, 0.1) is 22.5 Å². The van der Waals surface area contributed by atoms with Crippen molar-refractivity contribution in [3.05, 3.63) is 36.0 Å². The van der Waals surface area contributed by atoms with Crippen molar-refractivity contribution in [3.8, 4) is 0 Å². The number of benzene rings is 1. The predicted octanol–water partition coefficient (Wildman–Crippen LogP) is 3.48. The smallest absolute Gasteiger partial charge is 0.214 e. The number of amides is 1. The van der Waals surface area contributed by atoms with Crippen LogP contribution in [0.1, 0.15) is 31.2 Å². The quantitative estimate of drug-likeness (QED) is 0.689. The molecule has 0 spiro atoms. The summed E-state index contributed by atoms with van der Waals surface area (Å²) in [4.78, 5) is 18.3. The van der Waals surface area contributed by atoms with Crippen LogP contribution in [-0.2, 0) is 14.6 Å². The molecule has 1 amide bonds. The van der Waals surface area contributed by atoms with Crippen molar-refractivity contribution in [2.45, 2.75) is 43.5 Å². The Bertz CT molecular complexity index is 969. The fourth-order valence-corrected chi connectivity index (χ4v) is 4.19. The number of pyridine rings is 1. The van der Waals surface area contributed by atoms with Crippen LogP contribution in [0.4, 0.5) is 22.9 Å². The molecule has 0 saturated heterocycles. The summed E-state index contributed by atoms with van der Waals surface area (Å²) in [6.07, 6.45) is 7.97. The molecule has 1 fully saturated rings. The molecule has 28 heavy (non-hydrogen) atoms. The van der Waals surface area contributed by atoms with E-state index in [0.29, 0.717) is 11.5 Å². The van der Waals surface area contributed by atoms with E-state index >= 15 is 0 Å². The van der Waals surface area contributed by atoms with Crippen LogP contribution in [0.3, 0.4) is 0 Å². The molecule has 1 saturated carbocycles. The predicted molar refractivity (Wildman–Crippen MR) is 112 cm³/mol. The van der Waals surface area contributed by atoms with E-state index in [1.165, 1.54) is 6.26 Å². The van der Waals surface area contributed by atoms with Crippen LogP contribution in [0.2, 0.25) is 0 Å². The molecule has 1 aliphatic rings. The second-order valence-corrected chi connectivity index (χ2v) is 9.18. The van der Waals surface area contributed by atoms with Gasteiger partial charge in [0.2, 0.25) is 6.41 Å². The summed E-state index contributed by atoms with van der Waals surface area (Å²) in [7, 11) is -1.51. The highest BCUT2D eigenvalue weighted by Gasteiger charge is 2.25. The monoisotopic (exact) mass is 402 g/mol. The van der Waals surface area contributed by atoms with Crippen molar-refractivity contribution >= 4 is 39.1 Å². The average Bonchev–Trinajstić information content (AvgIpc) is 3.18. The van der Waals surface area contributed by atoms with Gasteiger partial charge in [-0.25, -0.2) is 13.4 Å². The van der Waals surface area contributed by atoms with Crippen LogP contribution < -0.4 is 15.5 Å². The number of nitrogens with zero attached hydrogens (tertiary/aromatic N) is 2. The van der Waals surface area contributed by atoms with E-state index in [1.807, 2.05) is 13.0 Å². The van der Waals surface area contributed by atoms with E-state index < -0.39 is 9.84 Å². The normalized spacial score (nSPS) is 14.7. The topological polar surface area (TPSA) is 91.4 Å². The van der Waals surface area contributed by atoms with Crippen molar-refractivity contribution in [1.82, 2.24) is 4.98 Å². The minimum atomic E-state index is -3.31. The first-order valence-corrected chi connectivity index (χ1v) is 11.2. The van der Waals surface area contributed by atoms with Gasteiger partial charge in [-0.05, 0) is 37.5 Å². The maximum Gasteiger partial charge on any atom is 0.214 e. The molecule has 150 valence electrons. The summed E-state index contributed by atoms with van der Waals surface area (Å²) in [5, 5.41) is 6.30. The third-order valence-electron chi connectivity index (χ3n) is 5.16. The van der Waals surface area contributed by atoms with Crippen molar-refractivity contribution < 1.29 is 13.2 Å². The molecule has 3 rings (SSSR count). The SMILES string of the molecule is CNc1cnc(Nc2cc(S(C)(=O)=O)ccc2C)cc1N(C=O)C1CCCC1. The van der Waals surface area contributed by atoms with Gasteiger partial charge >= 0.3 is 0 Å². The molecule has 8 heteroatoms. The summed E-state index contributed by atoms with van der Waals surface area (Å²) in [6.45, 7) is 1.90. The molecule has 2 N–H and O–H groups in total. The summed E-state index contributed by atoms with van der Waals surface area (Å²) < 4.78 is 23.7. The molecule has 1 aromatic heterocycles. The van der Waals surface area contributed by atoms with E-state index in [2.05, 4.69) is 15.6 Å². The number of hydrogen-bond acceptors (Lipinski definition) is 6. The number of sulfone groups is 1. The van der Waals surface area contributed by atoms with Gasteiger partial charge in [0, 0.05) is 31.1 Å². The third kappa shape index (κ3) is 4.27. The third-order valence-corrected chi connectivity index (χ3v) is 6.27. The number of aromatic nitrogens is 1. The second-order valence-electron chi connectivity index (χ2n) is 7.16. The van der Waals surface area contributed by atoms with Crippen molar-refractivity contribution in [2.24, 2.45) is 0 Å². The van der Waals surface area contributed by atoms with Gasteiger partial charge in [0.1, 0.15) is 5.82 Å². The fraction of sp³-hybridized carbons (Fsp3) is 0.400. The molecule has 1 aromatic carbocycles. The van der Waals surface area contributed by atoms with Crippen LogP contribution in [0.25, 0.3) is 0 Å². The number of carbonyl (C=O) groups excluding carboxylic acids is 1. The zero-order valence-corrected chi connectivity index (χ0v) is 17.2. The Morgan fingerprint density at radius 2 is 1.89 bits per heavy atom. The largest absolute Gasteiger partial charge is 0.385 e. The fourth-order valence-electron chi connectivity index (χ4n) is 3.55. The second kappa shape index (κ2) is 8.18. The highest BCUT2D eigenvalue weighted by molar-refractivity contribution is 7.90. The van der Waals surface area contributed by atoms with Gasteiger partial charge < -0.3 is 15.5 Å². The molecule has 0 unspecified atom stereocenters. The lowest BCUT2D eigenvalue weighted by molar-refractivity contribution is -0.107. The first-order chi connectivity index (χ1) is 13.3. The van der Waals surface area contributed by atoms with Gasteiger partial charge in [0.15, 0.2) is 9.84 Å². The van der Waals surface area contributed by atoms with Crippen molar-refractivity contribution in [3.63, 3.8) is 0 Å². The van der Waals surface area contributed by atoms with Crippen molar-refractivity contribution in [2.75, 3.05) is 28.8 Å². The van der Waals surface area contributed by atoms with Crippen molar-refractivity contribution in [1.29, 1.82) is 0 Å². The van der Waals surface area contributed by atoms with Gasteiger partial charge in [-0.1, -0.05) is 18.9 Å². The number of carbonyl (C=O) groups is 1. The van der Waals surface area contributed by atoms with Gasteiger partial charge in [-0.2, -0.15) is 0 Å². The summed E-state index contributed by atoms with van der Waals surface area (Å²) >= 11 is 0. The highest BCUT2D eigenvalue weighted by Crippen LogP contribution is 2.34. The van der Waals surface area contributed by atoms with Crippen LogP contribution in [0.15, 0.2) is 35.4 Å². The van der Waals surface area contributed by atoms with E-state index in [9.17, 15) is 13.2 Å². The van der Waals surface area contributed by atoms with Gasteiger partial charge in [0.25, 0.3) is 0 Å².